The zero-order valence-corrected chi connectivity index (χ0v) is 15.3. The number of aromatic nitrogens is 1. The monoisotopic (exact) mass is 386 g/mol. The molecule has 1 aromatic heterocycles. The Morgan fingerprint density at radius 3 is 2.50 bits per heavy atom. The first kappa shape index (κ1) is 18.0. The molecule has 3 aromatic rings. The Hall–Kier alpha value is -2.84. The number of hydrogen-bond acceptors (Lipinski definition) is 6. The van der Waals surface area contributed by atoms with Crippen molar-refractivity contribution in [2.45, 2.75) is 16.0 Å². The quantitative estimate of drug-likeness (QED) is 0.536. The third-order valence-electron chi connectivity index (χ3n) is 3.23. The molecule has 1 N–H and O–H groups in total. The van der Waals surface area contributed by atoms with E-state index in [0.29, 0.717) is 14.2 Å². The third kappa shape index (κ3) is 4.22. The van der Waals surface area contributed by atoms with Gasteiger partial charge in [-0.15, -0.1) is 0 Å². The van der Waals surface area contributed by atoms with E-state index in [1.54, 1.807) is 30.3 Å². The lowest BCUT2D eigenvalue weighted by atomic mass is 10.2. The van der Waals surface area contributed by atoms with Crippen LogP contribution in [0.4, 0.5) is 5.13 Å². The van der Waals surface area contributed by atoms with Crippen molar-refractivity contribution in [3.8, 4) is 5.75 Å². The number of nitrogens with one attached hydrogen (secondary N) is 1. The fourth-order valence-electron chi connectivity index (χ4n) is 2.13. The number of carbonyl (C=O) groups is 2. The summed E-state index contributed by atoms with van der Waals surface area (Å²) in [5.74, 6) is -0.810. The van der Waals surface area contributed by atoms with Gasteiger partial charge < -0.3 is 4.74 Å². The summed E-state index contributed by atoms with van der Waals surface area (Å²) in [5.41, 5.74) is 0.212. The van der Waals surface area contributed by atoms with Crippen molar-refractivity contribution in [1.82, 2.24) is 4.98 Å². The number of para-hydroxylation sites is 1. The van der Waals surface area contributed by atoms with Gasteiger partial charge in [-0.05, 0) is 24.3 Å². The Kier molecular flexibility index (Phi) is 5.55. The molecule has 8 heteroatoms. The van der Waals surface area contributed by atoms with Crippen molar-refractivity contribution in [2.75, 3.05) is 5.32 Å². The van der Waals surface area contributed by atoms with E-state index in [1.165, 1.54) is 19.2 Å². The van der Waals surface area contributed by atoms with Gasteiger partial charge in [0.1, 0.15) is 9.96 Å². The van der Waals surface area contributed by atoms with E-state index < -0.39 is 22.7 Å². The van der Waals surface area contributed by atoms with Gasteiger partial charge in [0, 0.05) is 11.8 Å². The van der Waals surface area contributed by atoms with Crippen LogP contribution in [-0.2, 0) is 15.6 Å². The van der Waals surface area contributed by atoms with E-state index in [4.69, 9.17) is 4.74 Å². The van der Waals surface area contributed by atoms with Gasteiger partial charge in [0.2, 0.25) is 0 Å². The van der Waals surface area contributed by atoms with Crippen LogP contribution < -0.4 is 10.1 Å². The Bertz CT molecular complexity index is 970. The molecule has 0 spiro atoms. The van der Waals surface area contributed by atoms with Crippen LogP contribution in [0, 0.1) is 0 Å². The number of nitrogens with zero attached hydrogens (tertiary/aromatic N) is 1. The largest absolute Gasteiger partial charge is 0.426 e. The average Bonchev–Trinajstić information content (AvgIpc) is 3.10. The first-order valence-electron chi connectivity index (χ1n) is 7.56. The molecule has 1 heterocycles. The number of amides is 1. The van der Waals surface area contributed by atoms with Gasteiger partial charge in [0.05, 0.1) is 22.6 Å². The molecular formula is C18H14N2O4S2. The van der Waals surface area contributed by atoms with Crippen molar-refractivity contribution in [2.24, 2.45) is 0 Å². The molecule has 1 atom stereocenters. The Morgan fingerprint density at radius 1 is 1.08 bits per heavy atom. The van der Waals surface area contributed by atoms with Gasteiger partial charge in [-0.1, -0.05) is 41.7 Å². The number of anilines is 1. The standard InChI is InChI=1S/C18H14N2O4S2/c1-12(21)24-15-10-6-5-9-14(15)17(22)20-18-19-11-16(25-18)26(23)13-7-3-2-4-8-13/h2-11H,1H3,(H,19,20,22). The van der Waals surface area contributed by atoms with E-state index in [1.807, 2.05) is 18.2 Å². The van der Waals surface area contributed by atoms with Crippen LogP contribution >= 0.6 is 11.3 Å². The van der Waals surface area contributed by atoms with Gasteiger partial charge in [0.25, 0.3) is 5.91 Å². The summed E-state index contributed by atoms with van der Waals surface area (Å²) >= 11 is 1.13. The molecule has 1 amide bonds. The maximum Gasteiger partial charge on any atom is 0.308 e. The maximum atomic E-state index is 12.5. The first-order valence-corrected chi connectivity index (χ1v) is 9.52. The molecule has 26 heavy (non-hydrogen) atoms. The minimum atomic E-state index is -1.36. The molecule has 6 nitrogen and oxygen atoms in total. The maximum absolute atomic E-state index is 12.5. The number of rotatable bonds is 5. The van der Waals surface area contributed by atoms with E-state index in [-0.39, 0.29) is 11.3 Å². The van der Waals surface area contributed by atoms with E-state index >= 15 is 0 Å². The number of esters is 1. The number of ether oxygens (including phenoxy) is 1. The highest BCUT2D eigenvalue weighted by atomic mass is 32.2. The minimum absolute atomic E-state index is 0.169. The molecular weight excluding hydrogens is 372 g/mol. The number of carbonyl (C=O) groups excluding carboxylic acids is 2. The minimum Gasteiger partial charge on any atom is -0.426 e. The fourth-order valence-corrected chi connectivity index (χ4v) is 4.28. The Morgan fingerprint density at radius 2 is 1.77 bits per heavy atom. The van der Waals surface area contributed by atoms with Crippen LogP contribution in [-0.4, -0.2) is 21.1 Å². The zero-order chi connectivity index (χ0) is 18.5. The summed E-state index contributed by atoms with van der Waals surface area (Å²) in [7, 11) is -1.36. The smallest absolute Gasteiger partial charge is 0.308 e. The molecule has 0 aliphatic heterocycles. The highest BCUT2D eigenvalue weighted by Crippen LogP contribution is 2.27. The Labute approximate surface area is 156 Å². The van der Waals surface area contributed by atoms with Gasteiger partial charge in [-0.2, -0.15) is 0 Å². The first-order chi connectivity index (χ1) is 12.5. The van der Waals surface area contributed by atoms with E-state index in [2.05, 4.69) is 10.3 Å². The normalized spacial score (nSPS) is 11.6. The van der Waals surface area contributed by atoms with Gasteiger partial charge in [0.15, 0.2) is 5.13 Å². The molecule has 132 valence electrons. The molecule has 2 aromatic carbocycles. The molecule has 0 fully saturated rings. The molecule has 0 saturated heterocycles. The van der Waals surface area contributed by atoms with Crippen LogP contribution in [0.2, 0.25) is 0 Å². The molecule has 1 unspecified atom stereocenters. The number of benzene rings is 2. The molecule has 3 rings (SSSR count). The van der Waals surface area contributed by atoms with Crippen LogP contribution in [0.3, 0.4) is 0 Å². The molecule has 0 aliphatic carbocycles. The van der Waals surface area contributed by atoms with Crippen LogP contribution in [0.25, 0.3) is 0 Å². The second kappa shape index (κ2) is 8.03. The van der Waals surface area contributed by atoms with Crippen molar-refractivity contribution in [3.63, 3.8) is 0 Å². The SMILES string of the molecule is CC(=O)Oc1ccccc1C(=O)Nc1ncc(S(=O)c2ccccc2)s1. The second-order valence-electron chi connectivity index (χ2n) is 5.11. The van der Waals surface area contributed by atoms with Crippen molar-refractivity contribution < 1.29 is 18.5 Å². The van der Waals surface area contributed by atoms with Gasteiger partial charge in [-0.3, -0.25) is 14.9 Å². The molecule has 0 radical (unpaired) electrons. The summed E-state index contributed by atoms with van der Waals surface area (Å²) in [5, 5.41) is 2.95. The lowest BCUT2D eigenvalue weighted by Crippen LogP contribution is -2.14. The van der Waals surface area contributed by atoms with E-state index in [9.17, 15) is 13.8 Å². The van der Waals surface area contributed by atoms with Crippen LogP contribution in [0.15, 0.2) is 69.9 Å². The van der Waals surface area contributed by atoms with Crippen molar-refractivity contribution in [3.05, 3.63) is 66.4 Å². The summed E-state index contributed by atoms with van der Waals surface area (Å²) in [6.45, 7) is 1.26. The average molecular weight is 386 g/mol. The number of thiazole rings is 1. The third-order valence-corrected chi connectivity index (χ3v) is 5.81. The highest BCUT2D eigenvalue weighted by Gasteiger charge is 2.17. The zero-order valence-electron chi connectivity index (χ0n) is 13.7. The summed E-state index contributed by atoms with van der Waals surface area (Å²) < 4.78 is 18.1. The second-order valence-corrected chi connectivity index (χ2v) is 7.85. The molecule has 0 saturated carbocycles. The van der Waals surface area contributed by atoms with Crippen molar-refractivity contribution in [1.29, 1.82) is 0 Å². The van der Waals surface area contributed by atoms with Gasteiger partial charge in [-0.25, -0.2) is 9.19 Å². The predicted molar refractivity (Wildman–Crippen MR) is 98.9 cm³/mol. The molecule has 0 bridgehead atoms. The van der Waals surface area contributed by atoms with Crippen LogP contribution in [0.5, 0.6) is 5.75 Å². The topological polar surface area (TPSA) is 85.4 Å². The number of hydrogen-bond donors (Lipinski definition) is 1. The highest BCUT2D eigenvalue weighted by molar-refractivity contribution is 7.87. The Balaban J connectivity index is 1.77. The fraction of sp³-hybridized carbons (Fsp3) is 0.0556. The molecule has 0 aliphatic rings. The van der Waals surface area contributed by atoms with Crippen LogP contribution in [0.1, 0.15) is 17.3 Å². The summed E-state index contributed by atoms with van der Waals surface area (Å²) in [6.07, 6.45) is 1.47. The summed E-state index contributed by atoms with van der Waals surface area (Å²) in [4.78, 5) is 28.4. The lowest BCUT2D eigenvalue weighted by Gasteiger charge is -2.07. The summed E-state index contributed by atoms with van der Waals surface area (Å²) in [6, 6.07) is 15.4. The van der Waals surface area contributed by atoms with Crippen molar-refractivity contribution >= 4 is 39.1 Å². The van der Waals surface area contributed by atoms with E-state index in [0.717, 1.165) is 11.3 Å². The predicted octanol–water partition coefficient (Wildman–Crippen LogP) is 3.49. The lowest BCUT2D eigenvalue weighted by molar-refractivity contribution is -0.131. The van der Waals surface area contributed by atoms with Gasteiger partial charge >= 0.3 is 5.97 Å².